The van der Waals surface area contributed by atoms with Gasteiger partial charge in [-0.05, 0) is 44.2 Å². The van der Waals surface area contributed by atoms with Crippen LogP contribution >= 0.6 is 0 Å². The monoisotopic (exact) mass is 280 g/mol. The molecule has 0 N–H and O–H groups in total. The van der Waals surface area contributed by atoms with Gasteiger partial charge >= 0.3 is 5.97 Å². The summed E-state index contributed by atoms with van der Waals surface area (Å²) < 4.78 is 4.92. The molecule has 0 saturated heterocycles. The van der Waals surface area contributed by atoms with Gasteiger partial charge in [0.2, 0.25) is 0 Å². The van der Waals surface area contributed by atoms with Crippen LogP contribution in [-0.4, -0.2) is 13.1 Å². The van der Waals surface area contributed by atoms with Crippen molar-refractivity contribution in [1.82, 2.24) is 0 Å². The fourth-order valence-electron chi connectivity index (χ4n) is 2.32. The molecule has 0 atom stereocenters. The number of benzene rings is 1. The first-order valence-corrected chi connectivity index (χ1v) is 7.33. The van der Waals surface area contributed by atoms with Gasteiger partial charge < -0.3 is 4.74 Å². The van der Waals surface area contributed by atoms with E-state index >= 15 is 0 Å². The molecule has 0 radical (unpaired) electrons. The molecule has 1 aromatic carbocycles. The van der Waals surface area contributed by atoms with Crippen LogP contribution in [0.3, 0.4) is 0 Å². The van der Waals surface area contributed by atoms with Crippen LogP contribution in [0.4, 0.5) is 0 Å². The quantitative estimate of drug-likeness (QED) is 0.441. The van der Waals surface area contributed by atoms with Crippen molar-refractivity contribution in [3.05, 3.63) is 59.2 Å². The molecule has 1 aliphatic carbocycles. The van der Waals surface area contributed by atoms with Crippen LogP contribution in [0.15, 0.2) is 53.6 Å². The molecule has 0 unspecified atom stereocenters. The summed E-state index contributed by atoms with van der Waals surface area (Å²) in [6, 6.07) is 9.85. The zero-order valence-corrected chi connectivity index (χ0v) is 12.4. The van der Waals surface area contributed by atoms with Crippen LogP contribution in [0.5, 0.6) is 0 Å². The molecule has 1 aliphatic rings. The van der Waals surface area contributed by atoms with Crippen LogP contribution in [0.1, 0.15) is 37.7 Å². The Labute approximate surface area is 126 Å². The summed E-state index contributed by atoms with van der Waals surface area (Å²) in [6.07, 6.45) is 8.75. The Morgan fingerprint density at radius 3 is 2.57 bits per heavy atom. The van der Waals surface area contributed by atoms with E-state index in [4.69, 9.17) is 4.74 Å². The predicted octanol–water partition coefficient (Wildman–Crippen LogP) is 4.03. The largest absolute Gasteiger partial charge is 0.466 e. The van der Waals surface area contributed by atoms with Gasteiger partial charge in [-0.3, -0.25) is 0 Å². The summed E-state index contributed by atoms with van der Waals surface area (Å²) in [7, 11) is 1.43. The Morgan fingerprint density at radius 1 is 1.05 bits per heavy atom. The summed E-state index contributed by atoms with van der Waals surface area (Å²) in [5.41, 5.74) is 2.62. The number of hydrogen-bond donors (Lipinski definition) is 0. The second kappa shape index (κ2) is 8.11. The number of hydrogen-bond acceptors (Lipinski definition) is 2. The zero-order valence-electron chi connectivity index (χ0n) is 12.4. The first-order chi connectivity index (χ1) is 10.3. The van der Waals surface area contributed by atoms with Crippen LogP contribution in [0.25, 0.3) is 0 Å². The van der Waals surface area contributed by atoms with Crippen molar-refractivity contribution in [3.63, 3.8) is 0 Å². The fraction of sp³-hybridized carbons (Fsp3) is 0.316. The maximum absolute atomic E-state index is 12.0. The van der Waals surface area contributed by atoms with E-state index in [1.807, 2.05) is 30.3 Å². The minimum atomic E-state index is -0.248. The number of allylic oxidation sites excluding steroid dienone is 3. The van der Waals surface area contributed by atoms with Crippen LogP contribution in [0.2, 0.25) is 0 Å². The second-order valence-electron chi connectivity index (χ2n) is 4.97. The van der Waals surface area contributed by atoms with E-state index in [-0.39, 0.29) is 5.97 Å². The molecule has 0 aliphatic heterocycles. The van der Waals surface area contributed by atoms with Gasteiger partial charge in [0, 0.05) is 16.7 Å². The summed E-state index contributed by atoms with van der Waals surface area (Å²) in [4.78, 5) is 12.0. The molecule has 0 aromatic heterocycles. The van der Waals surface area contributed by atoms with E-state index in [9.17, 15) is 4.79 Å². The summed E-state index contributed by atoms with van der Waals surface area (Å²) in [5, 5.41) is 0. The molecule has 0 spiro atoms. The molecule has 0 heterocycles. The van der Waals surface area contributed by atoms with E-state index < -0.39 is 0 Å². The Hall–Kier alpha value is -2.27. The highest BCUT2D eigenvalue weighted by Crippen LogP contribution is 2.20. The van der Waals surface area contributed by atoms with Gasteiger partial charge in [0.05, 0.1) is 7.11 Å². The lowest BCUT2D eigenvalue weighted by molar-refractivity contribution is -0.136. The van der Waals surface area contributed by atoms with Gasteiger partial charge in [0.1, 0.15) is 0 Å². The molecule has 21 heavy (non-hydrogen) atoms. The van der Waals surface area contributed by atoms with E-state index in [0.717, 1.165) is 42.4 Å². The van der Waals surface area contributed by atoms with Gasteiger partial charge in [-0.2, -0.15) is 0 Å². The van der Waals surface area contributed by atoms with E-state index in [1.165, 1.54) is 7.11 Å². The minimum Gasteiger partial charge on any atom is -0.466 e. The van der Waals surface area contributed by atoms with Crippen LogP contribution in [0, 0.1) is 11.8 Å². The number of ether oxygens (including phenoxy) is 1. The lowest BCUT2D eigenvalue weighted by Gasteiger charge is -2.07. The van der Waals surface area contributed by atoms with Crippen molar-refractivity contribution in [3.8, 4) is 11.8 Å². The van der Waals surface area contributed by atoms with Crippen molar-refractivity contribution in [1.29, 1.82) is 0 Å². The average molecular weight is 280 g/mol. The molecule has 0 fully saturated rings. The Bertz CT molecular complexity index is 597. The number of methoxy groups -OCH3 is 1. The number of carbonyl (C=O) groups excluding carboxylic acids is 1. The minimum absolute atomic E-state index is 0.248. The number of carbonyl (C=O) groups is 1. The maximum atomic E-state index is 12.0. The van der Waals surface area contributed by atoms with Crippen molar-refractivity contribution < 1.29 is 9.53 Å². The molecule has 0 bridgehead atoms. The lowest BCUT2D eigenvalue weighted by Crippen LogP contribution is -2.07. The van der Waals surface area contributed by atoms with Crippen molar-refractivity contribution in [2.75, 3.05) is 7.11 Å². The molecule has 2 rings (SSSR count). The fourth-order valence-corrected chi connectivity index (χ4v) is 2.32. The zero-order chi connectivity index (χ0) is 14.9. The Balaban J connectivity index is 2.32. The SMILES string of the molecule is COC(=O)/C1=C(\C#Cc2ccccc2)CCC/C=C/CC1. The molecule has 0 amide bonds. The van der Waals surface area contributed by atoms with E-state index in [2.05, 4.69) is 24.0 Å². The number of rotatable bonds is 1. The molecule has 2 nitrogen and oxygen atoms in total. The highest BCUT2D eigenvalue weighted by atomic mass is 16.5. The average Bonchev–Trinajstić information content (AvgIpc) is 2.65. The van der Waals surface area contributed by atoms with Crippen molar-refractivity contribution in [2.24, 2.45) is 0 Å². The summed E-state index contributed by atoms with van der Waals surface area (Å²) in [6.45, 7) is 0. The third-order valence-electron chi connectivity index (χ3n) is 3.45. The van der Waals surface area contributed by atoms with Crippen molar-refractivity contribution in [2.45, 2.75) is 32.1 Å². The van der Waals surface area contributed by atoms with E-state index in [1.54, 1.807) is 0 Å². The standard InChI is InChI=1S/C19H20O2/c1-21-19(20)18-13-9-4-2-3-8-12-17(18)15-14-16-10-6-5-7-11-16/h2,4-7,10-11H,3,8-9,12-13H2,1H3/b4-2+,18-17-. The Morgan fingerprint density at radius 2 is 1.81 bits per heavy atom. The van der Waals surface area contributed by atoms with E-state index in [0.29, 0.717) is 6.42 Å². The van der Waals surface area contributed by atoms with Gasteiger partial charge in [-0.1, -0.05) is 42.2 Å². The van der Waals surface area contributed by atoms with Crippen LogP contribution < -0.4 is 0 Å². The molecular weight excluding hydrogens is 260 g/mol. The van der Waals surface area contributed by atoms with Crippen LogP contribution in [-0.2, 0) is 9.53 Å². The Kier molecular flexibility index (Phi) is 5.84. The summed E-state index contributed by atoms with van der Waals surface area (Å²) in [5.74, 6) is 6.11. The second-order valence-corrected chi connectivity index (χ2v) is 4.97. The van der Waals surface area contributed by atoms with Gasteiger partial charge in [-0.15, -0.1) is 0 Å². The highest BCUT2D eigenvalue weighted by molar-refractivity contribution is 5.90. The predicted molar refractivity (Wildman–Crippen MR) is 84.6 cm³/mol. The molecule has 1 aromatic rings. The highest BCUT2D eigenvalue weighted by Gasteiger charge is 2.14. The number of esters is 1. The van der Waals surface area contributed by atoms with Gasteiger partial charge in [0.15, 0.2) is 0 Å². The first kappa shape index (κ1) is 15.1. The third-order valence-corrected chi connectivity index (χ3v) is 3.45. The molecule has 0 saturated carbocycles. The van der Waals surface area contributed by atoms with Crippen molar-refractivity contribution >= 4 is 5.97 Å². The molecular formula is C19H20O2. The molecule has 108 valence electrons. The first-order valence-electron chi connectivity index (χ1n) is 7.33. The molecule has 2 heteroatoms. The van der Waals surface area contributed by atoms with Gasteiger partial charge in [0.25, 0.3) is 0 Å². The lowest BCUT2D eigenvalue weighted by atomic mass is 9.99. The topological polar surface area (TPSA) is 26.3 Å². The summed E-state index contributed by atoms with van der Waals surface area (Å²) >= 11 is 0. The third kappa shape index (κ3) is 4.65. The van der Waals surface area contributed by atoms with Gasteiger partial charge in [-0.25, -0.2) is 4.79 Å². The maximum Gasteiger partial charge on any atom is 0.334 e. The normalized spacial score (nSPS) is 20.2. The smallest absolute Gasteiger partial charge is 0.334 e.